The number of benzene rings is 1. The van der Waals surface area contributed by atoms with Crippen LogP contribution in [0.4, 0.5) is 0 Å². The number of likely N-dealkylation sites (tertiary alicyclic amines) is 1. The molecule has 1 atom stereocenters. The Labute approximate surface area is 143 Å². The molecule has 2 aromatic rings. The van der Waals surface area contributed by atoms with Gasteiger partial charge in [-0.25, -0.2) is 4.99 Å². The second kappa shape index (κ2) is 8.55. The van der Waals surface area contributed by atoms with Gasteiger partial charge in [0.2, 0.25) is 0 Å². The molecule has 24 heavy (non-hydrogen) atoms. The van der Waals surface area contributed by atoms with Crippen molar-refractivity contribution in [2.24, 2.45) is 10.7 Å². The van der Waals surface area contributed by atoms with Crippen molar-refractivity contribution in [3.05, 3.63) is 60.1 Å². The first-order valence-corrected chi connectivity index (χ1v) is 8.68. The van der Waals surface area contributed by atoms with Crippen LogP contribution in [-0.2, 0) is 6.54 Å². The fraction of sp³-hybridized carbons (Fsp3) is 0.421. The highest BCUT2D eigenvalue weighted by molar-refractivity contribution is 5.77. The third-order valence-electron chi connectivity index (χ3n) is 4.45. The van der Waals surface area contributed by atoms with Crippen molar-refractivity contribution < 1.29 is 4.42 Å². The zero-order valence-corrected chi connectivity index (χ0v) is 14.0. The molecule has 0 spiro atoms. The molecule has 5 heteroatoms. The Morgan fingerprint density at radius 2 is 1.92 bits per heavy atom. The lowest BCUT2D eigenvalue weighted by Gasteiger charge is -2.33. The third-order valence-corrected chi connectivity index (χ3v) is 4.45. The number of piperidine rings is 1. The number of rotatable bonds is 6. The van der Waals surface area contributed by atoms with E-state index in [1.165, 1.54) is 19.3 Å². The molecule has 1 aromatic heterocycles. The van der Waals surface area contributed by atoms with Crippen LogP contribution < -0.4 is 11.1 Å². The van der Waals surface area contributed by atoms with E-state index in [0.717, 1.165) is 24.4 Å². The molecule has 2 heterocycles. The Bertz CT molecular complexity index is 618. The minimum Gasteiger partial charge on any atom is -0.468 e. The highest BCUT2D eigenvalue weighted by Gasteiger charge is 2.24. The number of nitrogens with zero attached hydrogens (tertiary/aromatic N) is 2. The molecule has 0 bridgehead atoms. The molecule has 0 unspecified atom stereocenters. The van der Waals surface area contributed by atoms with Gasteiger partial charge in [0.15, 0.2) is 5.96 Å². The van der Waals surface area contributed by atoms with Crippen molar-refractivity contribution in [2.45, 2.75) is 31.8 Å². The number of nitrogens with two attached hydrogens (primary N) is 1. The molecule has 1 fully saturated rings. The fourth-order valence-corrected chi connectivity index (χ4v) is 3.14. The Kier molecular flexibility index (Phi) is 5.90. The maximum Gasteiger partial charge on any atom is 0.188 e. The number of hydrogen-bond donors (Lipinski definition) is 2. The van der Waals surface area contributed by atoms with Gasteiger partial charge in [-0.2, -0.15) is 0 Å². The second-order valence-corrected chi connectivity index (χ2v) is 6.20. The lowest BCUT2D eigenvalue weighted by atomic mass is 10.1. The van der Waals surface area contributed by atoms with E-state index in [4.69, 9.17) is 10.2 Å². The Morgan fingerprint density at radius 1 is 1.12 bits per heavy atom. The first-order chi connectivity index (χ1) is 11.8. The van der Waals surface area contributed by atoms with Crippen LogP contribution in [0.1, 0.15) is 36.6 Å². The predicted octanol–water partition coefficient (Wildman–Crippen LogP) is 2.91. The summed E-state index contributed by atoms with van der Waals surface area (Å²) in [6.07, 6.45) is 5.54. The number of guanidine groups is 1. The first kappa shape index (κ1) is 16.6. The van der Waals surface area contributed by atoms with Gasteiger partial charge in [-0.3, -0.25) is 4.90 Å². The highest BCUT2D eigenvalue weighted by Crippen LogP contribution is 2.24. The summed E-state index contributed by atoms with van der Waals surface area (Å²) < 4.78 is 5.65. The second-order valence-electron chi connectivity index (χ2n) is 6.20. The molecule has 1 saturated heterocycles. The van der Waals surface area contributed by atoms with Crippen LogP contribution in [0.5, 0.6) is 0 Å². The molecule has 3 rings (SSSR count). The monoisotopic (exact) mass is 326 g/mol. The average Bonchev–Trinajstić information content (AvgIpc) is 3.16. The van der Waals surface area contributed by atoms with Gasteiger partial charge < -0.3 is 15.5 Å². The van der Waals surface area contributed by atoms with E-state index < -0.39 is 0 Å². The third kappa shape index (κ3) is 4.61. The molecule has 1 aliphatic rings. The van der Waals surface area contributed by atoms with Crippen molar-refractivity contribution in [3.8, 4) is 0 Å². The summed E-state index contributed by atoms with van der Waals surface area (Å²) in [4.78, 5) is 6.90. The van der Waals surface area contributed by atoms with Gasteiger partial charge in [-0.15, -0.1) is 0 Å². The summed E-state index contributed by atoms with van der Waals surface area (Å²) in [5.74, 6) is 1.47. The van der Waals surface area contributed by atoms with E-state index >= 15 is 0 Å². The number of aliphatic imine (C=N–C) groups is 1. The van der Waals surface area contributed by atoms with Crippen molar-refractivity contribution in [1.29, 1.82) is 0 Å². The number of nitrogens with one attached hydrogen (secondary N) is 1. The summed E-state index contributed by atoms with van der Waals surface area (Å²) in [6.45, 7) is 3.51. The van der Waals surface area contributed by atoms with Crippen molar-refractivity contribution in [1.82, 2.24) is 10.2 Å². The topological polar surface area (TPSA) is 66.8 Å². The number of furan rings is 1. The molecular weight excluding hydrogens is 300 g/mol. The SMILES string of the molecule is NC(=NCc1ccccc1)NC[C@H](c1ccco1)N1CCCCC1. The van der Waals surface area contributed by atoms with Gasteiger partial charge in [0, 0.05) is 6.54 Å². The maximum absolute atomic E-state index is 6.04. The Balaban J connectivity index is 1.58. The van der Waals surface area contributed by atoms with Crippen LogP contribution in [0.3, 0.4) is 0 Å². The van der Waals surface area contributed by atoms with E-state index in [2.05, 4.69) is 27.3 Å². The Hall–Kier alpha value is -2.27. The molecule has 0 saturated carbocycles. The lowest BCUT2D eigenvalue weighted by molar-refractivity contribution is 0.146. The van der Waals surface area contributed by atoms with E-state index in [1.807, 2.05) is 30.3 Å². The molecule has 0 amide bonds. The number of hydrogen-bond acceptors (Lipinski definition) is 3. The van der Waals surface area contributed by atoms with Gasteiger partial charge >= 0.3 is 0 Å². The summed E-state index contributed by atoms with van der Waals surface area (Å²) in [7, 11) is 0. The minimum absolute atomic E-state index is 0.200. The molecule has 3 N–H and O–H groups in total. The van der Waals surface area contributed by atoms with Gasteiger partial charge in [0.1, 0.15) is 5.76 Å². The first-order valence-electron chi connectivity index (χ1n) is 8.68. The largest absolute Gasteiger partial charge is 0.468 e. The van der Waals surface area contributed by atoms with E-state index in [9.17, 15) is 0 Å². The Morgan fingerprint density at radius 3 is 2.62 bits per heavy atom. The summed E-state index contributed by atoms with van der Waals surface area (Å²) in [5, 5.41) is 3.26. The van der Waals surface area contributed by atoms with Crippen LogP contribution >= 0.6 is 0 Å². The lowest BCUT2D eigenvalue weighted by Crippen LogP contribution is -2.42. The zero-order chi connectivity index (χ0) is 16.6. The maximum atomic E-state index is 6.04. The van der Waals surface area contributed by atoms with Crippen LogP contribution in [-0.4, -0.2) is 30.5 Å². The van der Waals surface area contributed by atoms with Gasteiger partial charge in [-0.05, 0) is 43.6 Å². The standard InChI is InChI=1S/C19H26N4O/c20-19(21-14-16-8-3-1-4-9-16)22-15-17(18-10-7-13-24-18)23-11-5-2-6-12-23/h1,3-4,7-10,13,17H,2,5-6,11-12,14-15H2,(H3,20,21,22)/t17-/m1/s1. The molecule has 1 aromatic carbocycles. The quantitative estimate of drug-likeness (QED) is 0.633. The molecule has 5 nitrogen and oxygen atoms in total. The smallest absolute Gasteiger partial charge is 0.188 e. The normalized spacial score (nSPS) is 17.6. The summed E-state index contributed by atoms with van der Waals surface area (Å²) in [5.41, 5.74) is 7.20. The van der Waals surface area contributed by atoms with Gasteiger partial charge in [0.05, 0.1) is 18.8 Å². The minimum atomic E-state index is 0.200. The van der Waals surface area contributed by atoms with E-state index in [-0.39, 0.29) is 6.04 Å². The van der Waals surface area contributed by atoms with Crippen LogP contribution in [0.25, 0.3) is 0 Å². The van der Waals surface area contributed by atoms with Gasteiger partial charge in [-0.1, -0.05) is 36.8 Å². The van der Waals surface area contributed by atoms with Crippen molar-refractivity contribution in [3.63, 3.8) is 0 Å². The van der Waals surface area contributed by atoms with E-state index in [1.54, 1.807) is 6.26 Å². The molecule has 1 aliphatic heterocycles. The summed E-state index contributed by atoms with van der Waals surface area (Å²) in [6, 6.07) is 14.3. The van der Waals surface area contributed by atoms with Crippen molar-refractivity contribution >= 4 is 5.96 Å². The molecular formula is C19H26N4O. The van der Waals surface area contributed by atoms with Crippen LogP contribution in [0, 0.1) is 0 Å². The van der Waals surface area contributed by atoms with Crippen molar-refractivity contribution in [2.75, 3.05) is 19.6 Å². The molecule has 128 valence electrons. The van der Waals surface area contributed by atoms with Gasteiger partial charge in [0.25, 0.3) is 0 Å². The fourth-order valence-electron chi connectivity index (χ4n) is 3.14. The molecule has 0 radical (unpaired) electrons. The molecule has 0 aliphatic carbocycles. The predicted molar refractivity (Wildman–Crippen MR) is 96.6 cm³/mol. The van der Waals surface area contributed by atoms with Crippen LogP contribution in [0.15, 0.2) is 58.1 Å². The van der Waals surface area contributed by atoms with E-state index in [0.29, 0.717) is 19.0 Å². The van der Waals surface area contributed by atoms with Crippen LogP contribution in [0.2, 0.25) is 0 Å². The highest BCUT2D eigenvalue weighted by atomic mass is 16.3. The zero-order valence-electron chi connectivity index (χ0n) is 14.0. The summed E-state index contributed by atoms with van der Waals surface area (Å²) >= 11 is 0. The average molecular weight is 326 g/mol.